The molecule has 1 aromatic carbocycles. The first-order valence-corrected chi connectivity index (χ1v) is 19.5. The zero-order chi connectivity index (χ0) is 39.0. The topological polar surface area (TPSA) is 146 Å². The second kappa shape index (κ2) is 15.4. The van der Waals surface area contributed by atoms with Gasteiger partial charge in [-0.15, -0.1) is 0 Å². The summed E-state index contributed by atoms with van der Waals surface area (Å²) in [5.74, 6) is 1.76. The maximum Gasteiger partial charge on any atom is 0.410 e. The van der Waals surface area contributed by atoms with Crippen molar-refractivity contribution in [1.29, 1.82) is 0 Å². The van der Waals surface area contributed by atoms with Crippen molar-refractivity contribution in [1.82, 2.24) is 35.1 Å². The van der Waals surface area contributed by atoms with E-state index in [1.54, 1.807) is 4.90 Å². The number of benzene rings is 1. The van der Waals surface area contributed by atoms with Gasteiger partial charge < -0.3 is 29.7 Å². The van der Waals surface area contributed by atoms with Crippen molar-refractivity contribution in [2.45, 2.75) is 91.0 Å². The summed E-state index contributed by atoms with van der Waals surface area (Å²) in [7, 11) is 1.30. The number of aromatic amines is 2. The highest BCUT2D eigenvalue weighted by Gasteiger charge is 2.38. The van der Waals surface area contributed by atoms with Gasteiger partial charge in [-0.2, -0.15) is 0 Å². The number of hydrogen-bond donors (Lipinski definition) is 3. The molecule has 3 amide bonds. The van der Waals surface area contributed by atoms with E-state index in [1.165, 1.54) is 18.3 Å². The third kappa shape index (κ3) is 7.90. The highest BCUT2D eigenvalue weighted by Crippen LogP contribution is 2.42. The molecule has 3 N–H and O–H groups in total. The minimum atomic E-state index is -0.674. The lowest BCUT2D eigenvalue weighted by atomic mass is 9.74. The molecule has 2 fully saturated rings. The Morgan fingerprint density at radius 1 is 0.891 bits per heavy atom. The number of H-pyrrole nitrogens is 2. The molecule has 0 saturated carbocycles. The van der Waals surface area contributed by atoms with Gasteiger partial charge in [0.25, 0.3) is 0 Å². The molecule has 0 spiro atoms. The largest absolute Gasteiger partial charge is 0.453 e. The monoisotopic (exact) mass is 747 g/mol. The third-order valence-corrected chi connectivity index (χ3v) is 11.1. The zero-order valence-electron chi connectivity index (χ0n) is 32.9. The van der Waals surface area contributed by atoms with Gasteiger partial charge in [0.1, 0.15) is 23.3 Å². The van der Waals surface area contributed by atoms with Gasteiger partial charge >= 0.3 is 12.2 Å². The van der Waals surface area contributed by atoms with Gasteiger partial charge in [0.15, 0.2) is 0 Å². The number of methoxy groups -OCH3 is 1. The number of amides is 3. The van der Waals surface area contributed by atoms with E-state index in [9.17, 15) is 14.4 Å². The second-order valence-electron chi connectivity index (χ2n) is 16.4. The second-order valence-corrected chi connectivity index (χ2v) is 16.4. The molecule has 4 heterocycles. The average molecular weight is 748 g/mol. The number of nitrogens with one attached hydrogen (secondary N) is 3. The summed E-state index contributed by atoms with van der Waals surface area (Å²) in [6.07, 6.45) is 17.4. The summed E-state index contributed by atoms with van der Waals surface area (Å²) < 4.78 is 10.4. The number of nitrogens with zero attached hydrogens (tertiary/aromatic N) is 4. The predicted molar refractivity (Wildman–Crippen MR) is 211 cm³/mol. The lowest BCUT2D eigenvalue weighted by Gasteiger charge is -2.31. The molecular weight excluding hydrogens is 695 g/mol. The number of hydrogen-bond acceptors (Lipinski definition) is 7. The van der Waals surface area contributed by atoms with E-state index >= 15 is 0 Å². The van der Waals surface area contributed by atoms with Gasteiger partial charge in [-0.3, -0.25) is 9.69 Å². The highest BCUT2D eigenvalue weighted by molar-refractivity contribution is 5.86. The van der Waals surface area contributed by atoms with Crippen LogP contribution in [0, 0.1) is 17.8 Å². The van der Waals surface area contributed by atoms with Crippen molar-refractivity contribution < 1.29 is 23.9 Å². The summed E-state index contributed by atoms with van der Waals surface area (Å²) in [5, 5.41) is 2.72. The van der Waals surface area contributed by atoms with Crippen molar-refractivity contribution in [3.63, 3.8) is 0 Å². The van der Waals surface area contributed by atoms with Crippen LogP contribution in [-0.2, 0) is 14.3 Å². The molecule has 55 heavy (non-hydrogen) atoms. The lowest BCUT2D eigenvalue weighted by molar-refractivity contribution is -0.135. The van der Waals surface area contributed by atoms with E-state index in [2.05, 4.69) is 81.8 Å². The summed E-state index contributed by atoms with van der Waals surface area (Å²) in [4.78, 5) is 58.5. The normalized spacial score (nSPS) is 22.9. The van der Waals surface area contributed by atoms with Crippen LogP contribution in [0.4, 0.5) is 9.59 Å². The first kappa shape index (κ1) is 37.9. The number of likely N-dealkylation sites (tertiary alicyclic amines) is 2. The van der Waals surface area contributed by atoms with Crippen molar-refractivity contribution in [3.05, 3.63) is 95.5 Å². The fraction of sp³-hybridized carbons (Fsp3) is 0.465. The van der Waals surface area contributed by atoms with Gasteiger partial charge in [0.2, 0.25) is 5.91 Å². The molecule has 3 unspecified atom stereocenters. The molecule has 5 atom stereocenters. The Labute approximate surface area is 323 Å². The van der Waals surface area contributed by atoms with E-state index in [-0.39, 0.29) is 41.8 Å². The van der Waals surface area contributed by atoms with Crippen LogP contribution in [0.5, 0.6) is 0 Å². The molecule has 7 rings (SSSR count). The van der Waals surface area contributed by atoms with Gasteiger partial charge in [-0.25, -0.2) is 19.6 Å². The van der Waals surface area contributed by atoms with E-state index in [4.69, 9.17) is 14.5 Å². The molecule has 12 heteroatoms. The lowest BCUT2D eigenvalue weighted by Crippen LogP contribution is -2.51. The fourth-order valence-electron chi connectivity index (χ4n) is 8.23. The Balaban J connectivity index is 1.03. The van der Waals surface area contributed by atoms with Crippen LogP contribution >= 0.6 is 0 Å². The van der Waals surface area contributed by atoms with Crippen LogP contribution in [-0.4, -0.2) is 79.7 Å². The van der Waals surface area contributed by atoms with Crippen molar-refractivity contribution in [2.24, 2.45) is 17.8 Å². The van der Waals surface area contributed by atoms with Crippen LogP contribution < -0.4 is 5.32 Å². The Bertz CT molecular complexity index is 2050. The Morgan fingerprint density at radius 2 is 1.51 bits per heavy atom. The van der Waals surface area contributed by atoms with E-state index in [1.807, 2.05) is 51.9 Å². The van der Waals surface area contributed by atoms with Crippen molar-refractivity contribution >= 4 is 29.2 Å². The minimum absolute atomic E-state index is 0.0924. The minimum Gasteiger partial charge on any atom is -0.453 e. The number of allylic oxidation sites excluding steroid dienone is 8. The van der Waals surface area contributed by atoms with Crippen LogP contribution in [0.25, 0.3) is 22.4 Å². The number of aromatic nitrogens is 4. The van der Waals surface area contributed by atoms with Gasteiger partial charge in [0, 0.05) is 19.0 Å². The summed E-state index contributed by atoms with van der Waals surface area (Å²) in [6, 6.07) is 7.51. The molecule has 2 saturated heterocycles. The molecule has 12 nitrogen and oxygen atoms in total. The Hall–Kier alpha value is -5.39. The Kier molecular flexibility index (Phi) is 10.6. The molecule has 3 aromatic rings. The number of fused-ring (bicyclic) bond motifs is 1. The number of ether oxygens (including phenoxy) is 2. The first-order chi connectivity index (χ1) is 26.3. The Morgan fingerprint density at radius 3 is 2.16 bits per heavy atom. The molecule has 2 aliphatic carbocycles. The molecule has 2 aromatic heterocycles. The predicted octanol–water partition coefficient (Wildman–Crippen LogP) is 8.15. The number of alkyl carbamates (subject to hydrolysis) is 1. The van der Waals surface area contributed by atoms with Crippen LogP contribution in [0.15, 0.2) is 72.6 Å². The highest BCUT2D eigenvalue weighted by atomic mass is 16.6. The number of rotatable bonds is 8. The summed E-state index contributed by atoms with van der Waals surface area (Å²) >= 11 is 0. The maximum atomic E-state index is 13.6. The van der Waals surface area contributed by atoms with Crippen molar-refractivity contribution in [2.75, 3.05) is 20.2 Å². The van der Waals surface area contributed by atoms with E-state index in [0.717, 1.165) is 65.4 Å². The van der Waals surface area contributed by atoms with Gasteiger partial charge in [-0.05, 0) is 86.1 Å². The number of carbonyl (C=O) groups excluding carboxylic acids is 3. The number of carbonyl (C=O) groups is 3. The molecule has 0 bridgehead atoms. The van der Waals surface area contributed by atoms with Crippen LogP contribution in [0.3, 0.4) is 0 Å². The number of imidazole rings is 2. The standard InChI is InChI=1S/C43H53N7O5/c1-25(2)37(48-41(52)54-7)40(51)49-20-8-10-35(49)38-45-24-34(47-38)32-19-17-30-22-29(16-18-31(30)26(32)3)27-12-14-28(15-13-27)33-23-44-39(46-33)36-11-9-21-50(36)42(53)55-43(4,5)6/h12-19,22-26,31,35-37H,8-11,20-21H2,1-7H3,(H,44,46)(H,45,47)(H,48,52)/t26?,31?,35-,36?,37-/m0/s1. The molecule has 290 valence electrons. The average Bonchev–Trinajstić information content (AvgIpc) is 3.99. The van der Waals surface area contributed by atoms with Crippen LogP contribution in [0.1, 0.15) is 102 Å². The molecular formula is C43H53N7O5. The molecule has 0 radical (unpaired) electrons. The third-order valence-electron chi connectivity index (χ3n) is 11.1. The quantitative estimate of drug-likeness (QED) is 0.211. The zero-order valence-corrected chi connectivity index (χ0v) is 32.9. The smallest absolute Gasteiger partial charge is 0.410 e. The summed E-state index contributed by atoms with van der Waals surface area (Å²) in [5.41, 5.74) is 7.06. The first-order valence-electron chi connectivity index (χ1n) is 19.5. The van der Waals surface area contributed by atoms with E-state index in [0.29, 0.717) is 13.1 Å². The van der Waals surface area contributed by atoms with Gasteiger partial charge in [0.05, 0.1) is 43.0 Å². The van der Waals surface area contributed by atoms with Gasteiger partial charge in [-0.1, -0.05) is 75.4 Å². The summed E-state index contributed by atoms with van der Waals surface area (Å²) in [6.45, 7) is 13.0. The molecule has 2 aliphatic heterocycles. The SMILES string of the molecule is COC(=O)N[C@H](C(=O)N1CCC[C@H]1c1ncc(C2=CC=C3C=C(c4ccc(-c5cnc(C6CCCN6C(=O)OC(C)(C)C)[nH]5)cc4)C=CC3C2C)[nH]1)C(C)C. The maximum absolute atomic E-state index is 13.6. The van der Waals surface area contributed by atoms with E-state index < -0.39 is 17.7 Å². The fourth-order valence-corrected chi connectivity index (χ4v) is 8.23. The molecule has 4 aliphatic rings. The van der Waals surface area contributed by atoms with Crippen LogP contribution in [0.2, 0.25) is 0 Å². The van der Waals surface area contributed by atoms with Crippen molar-refractivity contribution in [3.8, 4) is 11.3 Å².